The van der Waals surface area contributed by atoms with Gasteiger partial charge in [-0.1, -0.05) is 6.92 Å². The second kappa shape index (κ2) is 4.93. The van der Waals surface area contributed by atoms with E-state index in [0.717, 1.165) is 10.1 Å². The van der Waals surface area contributed by atoms with E-state index in [9.17, 15) is 14.8 Å². The van der Waals surface area contributed by atoms with Crippen LogP contribution in [0.1, 0.15) is 33.3 Å². The van der Waals surface area contributed by atoms with Crippen molar-refractivity contribution in [2.24, 2.45) is 0 Å². The molecule has 0 bridgehead atoms. The van der Waals surface area contributed by atoms with Crippen LogP contribution in [0.4, 0.5) is 4.79 Å². The molecule has 94 valence electrons. The third kappa shape index (κ3) is 3.61. The van der Waals surface area contributed by atoms with E-state index in [1.54, 1.807) is 33.0 Å². The van der Waals surface area contributed by atoms with E-state index < -0.39 is 18.8 Å². The third-order valence-electron chi connectivity index (χ3n) is 2.17. The monoisotopic (exact) mass is 239 g/mol. The van der Waals surface area contributed by atoms with E-state index in [-0.39, 0.29) is 5.59 Å². The molecule has 6 heteroatoms. The molecule has 0 radical (unpaired) electrons. The van der Waals surface area contributed by atoms with Crippen molar-refractivity contribution >= 4 is 18.8 Å². The highest BCUT2D eigenvalue weighted by Gasteiger charge is 2.25. The molecule has 0 atom stereocenters. The maximum atomic E-state index is 11.8. The summed E-state index contributed by atoms with van der Waals surface area (Å²) < 4.78 is 6.31. The fourth-order valence-corrected chi connectivity index (χ4v) is 1.40. The predicted octanol–water partition coefficient (Wildman–Crippen LogP) is 0.513. The summed E-state index contributed by atoms with van der Waals surface area (Å²) >= 11 is 0. The Labute approximate surface area is 101 Å². The van der Waals surface area contributed by atoms with Gasteiger partial charge in [-0.05, 0) is 38.8 Å². The number of carbonyl (C=O) groups excluding carboxylic acids is 1. The Balaban J connectivity index is 3.03. The van der Waals surface area contributed by atoms with Gasteiger partial charge in [0.25, 0.3) is 0 Å². The van der Waals surface area contributed by atoms with E-state index >= 15 is 0 Å². The second-order valence-corrected chi connectivity index (χ2v) is 4.85. The minimum atomic E-state index is -1.69. The minimum Gasteiger partial charge on any atom is -0.443 e. The highest BCUT2D eigenvalue weighted by molar-refractivity contribution is 6.58. The summed E-state index contributed by atoms with van der Waals surface area (Å²) in [4.78, 5) is 11.8. The molecule has 0 aliphatic carbocycles. The number of hydrogen-bond acceptors (Lipinski definition) is 4. The number of rotatable bonds is 2. The van der Waals surface area contributed by atoms with E-state index in [0.29, 0.717) is 6.42 Å². The van der Waals surface area contributed by atoms with Crippen LogP contribution in [0, 0.1) is 0 Å². The molecule has 0 saturated heterocycles. The molecule has 0 aliphatic heterocycles. The van der Waals surface area contributed by atoms with Gasteiger partial charge in [-0.3, -0.25) is 4.57 Å². The van der Waals surface area contributed by atoms with Gasteiger partial charge in [-0.2, -0.15) is 0 Å². The van der Waals surface area contributed by atoms with Crippen molar-refractivity contribution in [1.29, 1.82) is 0 Å². The number of aromatic nitrogens is 1. The molecule has 1 heterocycles. The van der Waals surface area contributed by atoms with Crippen LogP contribution in [0.5, 0.6) is 0 Å². The summed E-state index contributed by atoms with van der Waals surface area (Å²) in [6, 6.07) is 1.58. The largest absolute Gasteiger partial charge is 0.506 e. The summed E-state index contributed by atoms with van der Waals surface area (Å²) in [6.45, 7) is 7.18. The molecule has 17 heavy (non-hydrogen) atoms. The minimum absolute atomic E-state index is 0.121. The molecule has 1 aromatic heterocycles. The highest BCUT2D eigenvalue weighted by Crippen LogP contribution is 2.10. The van der Waals surface area contributed by atoms with Crippen LogP contribution in [0.25, 0.3) is 0 Å². The SMILES string of the molecule is CCc1cc(B(O)O)n(C(=O)OC(C)(C)C)c1. The first-order chi connectivity index (χ1) is 7.74. The van der Waals surface area contributed by atoms with Crippen molar-refractivity contribution in [3.8, 4) is 0 Å². The number of hydrogen-bond donors (Lipinski definition) is 2. The van der Waals surface area contributed by atoms with E-state index in [1.165, 1.54) is 0 Å². The average molecular weight is 239 g/mol. The molecule has 0 unspecified atom stereocenters. The highest BCUT2D eigenvalue weighted by atomic mass is 16.6. The van der Waals surface area contributed by atoms with Crippen LogP contribution in [0.2, 0.25) is 0 Å². The molecule has 5 nitrogen and oxygen atoms in total. The quantitative estimate of drug-likeness (QED) is 0.738. The molecule has 1 aromatic rings. The molecule has 0 aromatic carbocycles. The number of nitrogens with zero attached hydrogens (tertiary/aromatic N) is 1. The number of carbonyl (C=O) groups is 1. The van der Waals surface area contributed by atoms with Gasteiger partial charge >= 0.3 is 13.2 Å². The molecule has 1 rings (SSSR count). The average Bonchev–Trinajstić information content (AvgIpc) is 2.58. The molecule has 0 amide bonds. The lowest BCUT2D eigenvalue weighted by Gasteiger charge is -2.20. The molecular weight excluding hydrogens is 221 g/mol. The fourth-order valence-electron chi connectivity index (χ4n) is 1.40. The van der Waals surface area contributed by atoms with Gasteiger partial charge in [0.2, 0.25) is 0 Å². The molecule has 2 N–H and O–H groups in total. The molecule has 0 saturated carbocycles. The first-order valence-corrected chi connectivity index (χ1v) is 5.55. The van der Waals surface area contributed by atoms with Crippen LogP contribution >= 0.6 is 0 Å². The summed E-state index contributed by atoms with van der Waals surface area (Å²) in [7, 11) is -1.69. The summed E-state index contributed by atoms with van der Waals surface area (Å²) in [5.74, 6) is 0. The van der Waals surface area contributed by atoms with Gasteiger partial charge in [0.05, 0.1) is 5.59 Å². The van der Waals surface area contributed by atoms with Gasteiger partial charge in [0.1, 0.15) is 5.60 Å². The Hall–Kier alpha value is -1.27. The Morgan fingerprint density at radius 2 is 2.06 bits per heavy atom. The Morgan fingerprint density at radius 3 is 2.47 bits per heavy atom. The summed E-state index contributed by atoms with van der Waals surface area (Å²) in [5.41, 5.74) is 0.348. The van der Waals surface area contributed by atoms with E-state index in [1.807, 2.05) is 6.92 Å². The smallest absolute Gasteiger partial charge is 0.443 e. The van der Waals surface area contributed by atoms with Crippen molar-refractivity contribution in [2.75, 3.05) is 0 Å². The molecule has 0 fully saturated rings. The number of ether oxygens (including phenoxy) is 1. The van der Waals surface area contributed by atoms with Gasteiger partial charge in [-0.15, -0.1) is 0 Å². The standard InChI is InChI=1S/C11H18BNO4/c1-5-8-6-9(12(15)16)13(7-8)10(14)17-11(2,3)4/h6-7,15-16H,5H2,1-4H3. The van der Waals surface area contributed by atoms with Crippen LogP contribution in [-0.2, 0) is 11.2 Å². The maximum absolute atomic E-state index is 11.8. The zero-order valence-corrected chi connectivity index (χ0v) is 10.6. The number of aryl methyl sites for hydroxylation is 1. The van der Waals surface area contributed by atoms with Crippen LogP contribution in [-0.4, -0.2) is 33.4 Å². The Bertz CT molecular complexity index is 406. The van der Waals surface area contributed by atoms with Crippen molar-refractivity contribution in [1.82, 2.24) is 4.57 Å². The van der Waals surface area contributed by atoms with Gasteiger partial charge in [0, 0.05) is 6.20 Å². The van der Waals surface area contributed by atoms with Gasteiger partial charge < -0.3 is 14.8 Å². The maximum Gasteiger partial charge on any atom is 0.506 e. The lowest BCUT2D eigenvalue weighted by molar-refractivity contribution is 0.0540. The Morgan fingerprint density at radius 1 is 1.47 bits per heavy atom. The first kappa shape index (κ1) is 13.8. The zero-order valence-electron chi connectivity index (χ0n) is 10.6. The first-order valence-electron chi connectivity index (χ1n) is 5.55. The van der Waals surface area contributed by atoms with Crippen LogP contribution in [0.15, 0.2) is 12.3 Å². The van der Waals surface area contributed by atoms with Crippen LogP contribution < -0.4 is 5.59 Å². The van der Waals surface area contributed by atoms with Gasteiger partial charge in [0.15, 0.2) is 0 Å². The fraction of sp³-hybridized carbons (Fsp3) is 0.545. The third-order valence-corrected chi connectivity index (χ3v) is 2.17. The van der Waals surface area contributed by atoms with Crippen molar-refractivity contribution in [3.05, 3.63) is 17.8 Å². The zero-order chi connectivity index (χ0) is 13.2. The summed E-state index contributed by atoms with van der Waals surface area (Å²) in [5, 5.41) is 18.4. The van der Waals surface area contributed by atoms with Gasteiger partial charge in [-0.25, -0.2) is 4.79 Å². The lowest BCUT2D eigenvalue weighted by atomic mass is 9.86. The normalized spacial score (nSPS) is 11.4. The topological polar surface area (TPSA) is 71.7 Å². The van der Waals surface area contributed by atoms with Crippen LogP contribution in [0.3, 0.4) is 0 Å². The molecule has 0 spiro atoms. The van der Waals surface area contributed by atoms with E-state index in [4.69, 9.17) is 4.74 Å². The molecule has 0 aliphatic rings. The van der Waals surface area contributed by atoms with Crippen molar-refractivity contribution < 1.29 is 19.6 Å². The van der Waals surface area contributed by atoms with Crippen molar-refractivity contribution in [2.45, 2.75) is 39.7 Å². The second-order valence-electron chi connectivity index (χ2n) is 4.85. The molecular formula is C11H18BNO4. The summed E-state index contributed by atoms with van der Waals surface area (Å²) in [6.07, 6.45) is 1.65. The van der Waals surface area contributed by atoms with E-state index in [2.05, 4.69) is 0 Å². The van der Waals surface area contributed by atoms with Crippen molar-refractivity contribution in [3.63, 3.8) is 0 Å². The predicted molar refractivity (Wildman–Crippen MR) is 65.3 cm³/mol. The lowest BCUT2D eigenvalue weighted by Crippen LogP contribution is -2.40. The Kier molecular flexibility index (Phi) is 4.01.